The maximum atomic E-state index is 3.52. The Balaban J connectivity index is 1.86. The number of nitrogens with zero attached hydrogens (tertiary/aromatic N) is 1. The largest absolute Gasteiger partial charge is 0.298 e. The summed E-state index contributed by atoms with van der Waals surface area (Å²) in [6, 6.07) is 2.25. The highest BCUT2D eigenvalue weighted by Crippen LogP contribution is 2.22. The van der Waals surface area contributed by atoms with Gasteiger partial charge in [-0.05, 0) is 47.9 Å². The highest BCUT2D eigenvalue weighted by Gasteiger charge is 2.09. The van der Waals surface area contributed by atoms with Gasteiger partial charge in [-0.2, -0.15) is 0 Å². The number of rotatable bonds is 2. The Labute approximate surface area is 105 Å². The van der Waals surface area contributed by atoms with Gasteiger partial charge in [0.05, 0.1) is 0 Å². The summed E-state index contributed by atoms with van der Waals surface area (Å²) in [5.74, 6) is 0. The summed E-state index contributed by atoms with van der Waals surface area (Å²) in [5, 5.41) is 2.18. The lowest BCUT2D eigenvalue weighted by atomic mass is 10.1. The molecule has 0 unspecified atom stereocenters. The monoisotopic (exact) mass is 287 g/mol. The van der Waals surface area contributed by atoms with Crippen LogP contribution in [0.25, 0.3) is 0 Å². The normalized spacial score (nSPS) is 19.8. The minimum atomic E-state index is 1.15. The molecule has 1 fully saturated rings. The van der Waals surface area contributed by atoms with E-state index < -0.39 is 0 Å². The Kier molecular flexibility index (Phi) is 4.66. The maximum absolute atomic E-state index is 3.52. The molecule has 1 saturated heterocycles. The van der Waals surface area contributed by atoms with Crippen molar-refractivity contribution in [3.8, 4) is 0 Å². The third-order valence-electron chi connectivity index (χ3n) is 2.95. The van der Waals surface area contributed by atoms with E-state index in [-0.39, 0.29) is 0 Å². The van der Waals surface area contributed by atoms with Gasteiger partial charge in [0, 0.05) is 21.3 Å². The summed E-state index contributed by atoms with van der Waals surface area (Å²) in [5.41, 5.74) is 0. The van der Waals surface area contributed by atoms with Crippen molar-refractivity contribution in [2.75, 3.05) is 13.1 Å². The molecule has 0 aliphatic carbocycles. The van der Waals surface area contributed by atoms with Gasteiger partial charge >= 0.3 is 0 Å². The van der Waals surface area contributed by atoms with Gasteiger partial charge in [-0.25, -0.2) is 0 Å². The predicted octanol–water partition coefficient (Wildman–Crippen LogP) is 4.28. The smallest absolute Gasteiger partial charge is 0.0328 e. The number of hydrogen-bond donors (Lipinski definition) is 0. The minimum Gasteiger partial charge on any atom is -0.298 e. The standard InChI is InChI=1S/C12H18BrNS/c13-11-8-12(15-10-11)9-14-6-4-2-1-3-5-7-14/h8,10H,1-7,9H2. The fourth-order valence-electron chi connectivity index (χ4n) is 2.13. The van der Waals surface area contributed by atoms with E-state index in [9.17, 15) is 0 Å². The van der Waals surface area contributed by atoms with Crippen LogP contribution >= 0.6 is 27.3 Å². The summed E-state index contributed by atoms with van der Waals surface area (Å²) in [6.45, 7) is 3.72. The van der Waals surface area contributed by atoms with Gasteiger partial charge in [-0.3, -0.25) is 4.90 Å². The van der Waals surface area contributed by atoms with E-state index in [1.807, 2.05) is 11.3 Å². The summed E-state index contributed by atoms with van der Waals surface area (Å²) < 4.78 is 1.23. The Hall–Kier alpha value is 0.140. The highest BCUT2D eigenvalue weighted by molar-refractivity contribution is 9.10. The fourth-order valence-corrected chi connectivity index (χ4v) is 3.62. The van der Waals surface area contributed by atoms with Crippen LogP contribution < -0.4 is 0 Å². The van der Waals surface area contributed by atoms with Gasteiger partial charge in [0.2, 0.25) is 0 Å². The molecule has 1 aliphatic rings. The molecule has 2 rings (SSSR count). The molecule has 3 heteroatoms. The first-order valence-corrected chi connectivity index (χ1v) is 7.47. The van der Waals surface area contributed by atoms with E-state index in [2.05, 4.69) is 32.3 Å². The molecule has 1 nitrogen and oxygen atoms in total. The zero-order valence-electron chi connectivity index (χ0n) is 9.04. The van der Waals surface area contributed by atoms with Crippen LogP contribution in [0.15, 0.2) is 15.9 Å². The summed E-state index contributed by atoms with van der Waals surface area (Å²) in [7, 11) is 0. The Bertz CT molecular complexity index is 290. The molecule has 15 heavy (non-hydrogen) atoms. The molecule has 1 aliphatic heterocycles. The zero-order valence-corrected chi connectivity index (χ0v) is 11.4. The second kappa shape index (κ2) is 6.02. The van der Waals surface area contributed by atoms with Crippen LogP contribution in [-0.4, -0.2) is 18.0 Å². The molecule has 84 valence electrons. The molecule has 0 saturated carbocycles. The van der Waals surface area contributed by atoms with Gasteiger partial charge in [0.15, 0.2) is 0 Å². The van der Waals surface area contributed by atoms with Crippen molar-refractivity contribution in [3.63, 3.8) is 0 Å². The third-order valence-corrected chi connectivity index (χ3v) is 4.63. The van der Waals surface area contributed by atoms with Crippen molar-refractivity contribution in [2.24, 2.45) is 0 Å². The first kappa shape index (κ1) is 11.6. The molecule has 0 atom stereocenters. The average Bonchev–Trinajstić information content (AvgIpc) is 2.56. The molecule has 1 aromatic heterocycles. The lowest BCUT2D eigenvalue weighted by molar-refractivity contribution is 0.241. The van der Waals surface area contributed by atoms with E-state index in [0.29, 0.717) is 0 Å². The van der Waals surface area contributed by atoms with Crippen molar-refractivity contribution in [2.45, 2.75) is 38.6 Å². The number of halogens is 1. The number of likely N-dealkylation sites (tertiary alicyclic amines) is 1. The minimum absolute atomic E-state index is 1.15. The zero-order chi connectivity index (χ0) is 10.5. The van der Waals surface area contributed by atoms with E-state index in [4.69, 9.17) is 0 Å². The third kappa shape index (κ3) is 3.89. The lowest BCUT2D eigenvalue weighted by Gasteiger charge is -2.23. The molecule has 2 heterocycles. The molecular formula is C12H18BrNS. The Morgan fingerprint density at radius 1 is 1.13 bits per heavy atom. The Morgan fingerprint density at radius 2 is 1.80 bits per heavy atom. The van der Waals surface area contributed by atoms with Crippen molar-refractivity contribution < 1.29 is 0 Å². The van der Waals surface area contributed by atoms with Crippen molar-refractivity contribution >= 4 is 27.3 Å². The summed E-state index contributed by atoms with van der Waals surface area (Å²) in [4.78, 5) is 4.10. The van der Waals surface area contributed by atoms with Crippen LogP contribution in [0.5, 0.6) is 0 Å². The molecule has 0 amide bonds. The topological polar surface area (TPSA) is 3.24 Å². The average molecular weight is 288 g/mol. The van der Waals surface area contributed by atoms with Crippen LogP contribution in [0.4, 0.5) is 0 Å². The molecule has 0 aromatic carbocycles. The maximum Gasteiger partial charge on any atom is 0.0328 e. The lowest BCUT2D eigenvalue weighted by Crippen LogP contribution is -2.26. The van der Waals surface area contributed by atoms with Gasteiger partial charge in [0.1, 0.15) is 0 Å². The van der Waals surface area contributed by atoms with Crippen LogP contribution in [0.2, 0.25) is 0 Å². The molecule has 0 N–H and O–H groups in total. The summed E-state index contributed by atoms with van der Waals surface area (Å²) >= 11 is 5.38. The van der Waals surface area contributed by atoms with Gasteiger partial charge in [-0.1, -0.05) is 19.3 Å². The number of thiophene rings is 1. The number of hydrogen-bond acceptors (Lipinski definition) is 2. The van der Waals surface area contributed by atoms with E-state index in [1.165, 1.54) is 54.5 Å². The van der Waals surface area contributed by atoms with Gasteiger partial charge in [-0.15, -0.1) is 11.3 Å². The molecule has 0 radical (unpaired) electrons. The first-order chi connectivity index (χ1) is 7.34. The van der Waals surface area contributed by atoms with Crippen molar-refractivity contribution in [1.82, 2.24) is 4.90 Å². The summed E-state index contributed by atoms with van der Waals surface area (Å²) in [6.07, 6.45) is 7.05. The van der Waals surface area contributed by atoms with E-state index >= 15 is 0 Å². The van der Waals surface area contributed by atoms with Gasteiger partial charge in [0.25, 0.3) is 0 Å². The van der Waals surface area contributed by atoms with Crippen LogP contribution in [0.1, 0.15) is 37.0 Å². The van der Waals surface area contributed by atoms with Crippen LogP contribution in [0.3, 0.4) is 0 Å². The van der Waals surface area contributed by atoms with Crippen molar-refractivity contribution in [3.05, 3.63) is 20.8 Å². The SMILES string of the molecule is Brc1csc(CN2CCCCCCC2)c1. The van der Waals surface area contributed by atoms with E-state index in [0.717, 1.165) is 6.54 Å². The highest BCUT2D eigenvalue weighted by atomic mass is 79.9. The fraction of sp³-hybridized carbons (Fsp3) is 0.667. The second-order valence-corrected chi connectivity index (χ2v) is 6.19. The molecular weight excluding hydrogens is 270 g/mol. The molecule has 0 bridgehead atoms. The van der Waals surface area contributed by atoms with Crippen LogP contribution in [-0.2, 0) is 6.54 Å². The van der Waals surface area contributed by atoms with E-state index in [1.54, 1.807) is 0 Å². The van der Waals surface area contributed by atoms with Crippen LogP contribution in [0, 0.1) is 0 Å². The first-order valence-electron chi connectivity index (χ1n) is 5.80. The predicted molar refractivity (Wildman–Crippen MR) is 70.4 cm³/mol. The molecule has 0 spiro atoms. The molecule has 1 aromatic rings. The van der Waals surface area contributed by atoms with Gasteiger partial charge < -0.3 is 0 Å². The quantitative estimate of drug-likeness (QED) is 0.785. The second-order valence-electron chi connectivity index (χ2n) is 4.28. The van der Waals surface area contributed by atoms with Crippen molar-refractivity contribution in [1.29, 1.82) is 0 Å². The Morgan fingerprint density at radius 3 is 2.40 bits per heavy atom.